The van der Waals surface area contributed by atoms with Gasteiger partial charge in [-0.2, -0.15) is 0 Å². The topological polar surface area (TPSA) is 95.1 Å². The van der Waals surface area contributed by atoms with E-state index in [2.05, 4.69) is 0 Å². The van der Waals surface area contributed by atoms with Crippen molar-refractivity contribution in [2.24, 2.45) is 17.2 Å². The summed E-state index contributed by atoms with van der Waals surface area (Å²) in [6.07, 6.45) is 0. The van der Waals surface area contributed by atoms with Gasteiger partial charge >= 0.3 is 0 Å². The molecular weight excluding hydrogens is 166 g/mol. The zero-order valence-corrected chi connectivity index (χ0v) is 7.23. The van der Waals surface area contributed by atoms with Crippen LogP contribution in [0.3, 0.4) is 0 Å². The second kappa shape index (κ2) is 4.02. The van der Waals surface area contributed by atoms with Crippen molar-refractivity contribution in [2.45, 2.75) is 6.04 Å². The maximum atomic E-state index is 10.8. The number of primary amides is 1. The molecule has 70 valence electrons. The molecule has 1 aromatic carbocycles. The van der Waals surface area contributed by atoms with Gasteiger partial charge in [-0.15, -0.1) is 0 Å². The van der Waals surface area contributed by atoms with Crippen LogP contribution in [-0.2, 0) is 0 Å². The number of amides is 1. The Bertz CT molecular complexity index is 311. The minimum absolute atomic E-state index is 0.237. The Morgan fingerprint density at radius 1 is 1.46 bits per heavy atom. The van der Waals surface area contributed by atoms with Gasteiger partial charge in [0.1, 0.15) is 0 Å². The number of hydrogen-bond acceptors (Lipinski definition) is 3. The molecule has 0 aliphatic rings. The third-order valence-electron chi connectivity index (χ3n) is 1.85. The van der Waals surface area contributed by atoms with Gasteiger partial charge in [0, 0.05) is 18.2 Å². The van der Waals surface area contributed by atoms with Gasteiger partial charge in [0.2, 0.25) is 5.91 Å². The van der Waals surface area contributed by atoms with Crippen molar-refractivity contribution >= 4 is 5.91 Å². The lowest BCUT2D eigenvalue weighted by Crippen LogP contribution is -2.21. The highest BCUT2D eigenvalue weighted by molar-refractivity contribution is 5.92. The Hall–Kier alpha value is -1.39. The third-order valence-corrected chi connectivity index (χ3v) is 1.85. The number of nitrogens with two attached hydrogens (primary N) is 3. The molecule has 1 atom stereocenters. The van der Waals surface area contributed by atoms with Gasteiger partial charge in [-0.05, 0) is 17.7 Å². The van der Waals surface area contributed by atoms with E-state index in [4.69, 9.17) is 17.2 Å². The lowest BCUT2D eigenvalue weighted by atomic mass is 10.0. The molecule has 0 saturated heterocycles. The average molecular weight is 179 g/mol. The monoisotopic (exact) mass is 179 g/mol. The van der Waals surface area contributed by atoms with Gasteiger partial charge in [0.25, 0.3) is 0 Å². The largest absolute Gasteiger partial charge is 0.366 e. The minimum atomic E-state index is -0.453. The Morgan fingerprint density at radius 2 is 2.15 bits per heavy atom. The summed E-state index contributed by atoms with van der Waals surface area (Å²) in [5.41, 5.74) is 17.5. The number of carbonyl (C=O) groups is 1. The summed E-state index contributed by atoms with van der Waals surface area (Å²) < 4.78 is 0. The lowest BCUT2D eigenvalue weighted by Gasteiger charge is -2.09. The van der Waals surface area contributed by atoms with E-state index in [1.54, 1.807) is 18.2 Å². The van der Waals surface area contributed by atoms with Crippen LogP contribution in [-0.4, -0.2) is 12.5 Å². The van der Waals surface area contributed by atoms with Crippen LogP contribution in [0.15, 0.2) is 24.3 Å². The van der Waals surface area contributed by atoms with E-state index in [0.717, 1.165) is 5.56 Å². The van der Waals surface area contributed by atoms with E-state index in [-0.39, 0.29) is 6.04 Å². The Balaban J connectivity index is 2.98. The fourth-order valence-electron chi connectivity index (χ4n) is 1.06. The zero-order valence-electron chi connectivity index (χ0n) is 7.23. The molecule has 0 aliphatic heterocycles. The van der Waals surface area contributed by atoms with Crippen LogP contribution < -0.4 is 17.2 Å². The molecule has 0 radical (unpaired) electrons. The average Bonchev–Trinajstić information content (AvgIpc) is 2.17. The third kappa shape index (κ3) is 2.27. The molecule has 4 heteroatoms. The van der Waals surface area contributed by atoms with E-state index in [9.17, 15) is 4.79 Å². The number of hydrogen-bond donors (Lipinski definition) is 3. The van der Waals surface area contributed by atoms with Crippen LogP contribution in [0.4, 0.5) is 0 Å². The highest BCUT2D eigenvalue weighted by Gasteiger charge is 2.05. The Labute approximate surface area is 76.7 Å². The van der Waals surface area contributed by atoms with Crippen molar-refractivity contribution < 1.29 is 4.79 Å². The zero-order chi connectivity index (χ0) is 9.84. The molecule has 0 bridgehead atoms. The van der Waals surface area contributed by atoms with Crippen LogP contribution in [0.1, 0.15) is 22.0 Å². The Kier molecular flexibility index (Phi) is 3.00. The van der Waals surface area contributed by atoms with E-state index < -0.39 is 5.91 Å². The molecule has 0 spiro atoms. The van der Waals surface area contributed by atoms with Crippen molar-refractivity contribution in [3.8, 4) is 0 Å². The van der Waals surface area contributed by atoms with Crippen LogP contribution in [0.25, 0.3) is 0 Å². The van der Waals surface area contributed by atoms with Gasteiger partial charge in [-0.25, -0.2) is 0 Å². The van der Waals surface area contributed by atoms with Crippen molar-refractivity contribution in [3.05, 3.63) is 35.4 Å². The summed E-state index contributed by atoms with van der Waals surface area (Å²) in [4.78, 5) is 10.8. The molecular formula is C9H13N3O. The van der Waals surface area contributed by atoms with Crippen molar-refractivity contribution in [1.82, 2.24) is 0 Å². The molecule has 0 heterocycles. The molecule has 1 amide bonds. The van der Waals surface area contributed by atoms with Gasteiger partial charge in [-0.1, -0.05) is 12.1 Å². The summed E-state index contributed by atoms with van der Waals surface area (Å²) in [7, 11) is 0. The highest BCUT2D eigenvalue weighted by atomic mass is 16.1. The number of carbonyl (C=O) groups excluding carboxylic acids is 1. The van der Waals surface area contributed by atoms with Crippen LogP contribution in [0, 0.1) is 0 Å². The van der Waals surface area contributed by atoms with Crippen LogP contribution in [0.2, 0.25) is 0 Å². The van der Waals surface area contributed by atoms with Crippen LogP contribution >= 0.6 is 0 Å². The van der Waals surface area contributed by atoms with Gasteiger partial charge in [0.05, 0.1) is 0 Å². The van der Waals surface area contributed by atoms with E-state index in [0.29, 0.717) is 12.1 Å². The van der Waals surface area contributed by atoms with Gasteiger partial charge in [0.15, 0.2) is 0 Å². The first kappa shape index (κ1) is 9.70. The number of rotatable bonds is 3. The maximum absolute atomic E-state index is 10.8. The van der Waals surface area contributed by atoms with Crippen molar-refractivity contribution in [2.75, 3.05) is 6.54 Å². The smallest absolute Gasteiger partial charge is 0.248 e. The molecule has 0 saturated carbocycles. The van der Waals surface area contributed by atoms with Crippen LogP contribution in [0.5, 0.6) is 0 Å². The predicted octanol–water partition coefficient (Wildman–Crippen LogP) is -0.256. The molecule has 1 unspecified atom stereocenters. The van der Waals surface area contributed by atoms with E-state index in [1.807, 2.05) is 6.07 Å². The molecule has 1 rings (SSSR count). The SMILES string of the molecule is NCC(N)c1cccc(C(N)=O)c1. The molecule has 13 heavy (non-hydrogen) atoms. The fourth-order valence-corrected chi connectivity index (χ4v) is 1.06. The molecule has 6 N–H and O–H groups in total. The standard InChI is InChI=1S/C9H13N3O/c10-5-8(11)6-2-1-3-7(4-6)9(12)13/h1-4,8H,5,10-11H2,(H2,12,13). The highest BCUT2D eigenvalue weighted by Crippen LogP contribution is 2.10. The quantitative estimate of drug-likeness (QED) is 0.596. The van der Waals surface area contributed by atoms with E-state index >= 15 is 0 Å². The number of benzene rings is 1. The maximum Gasteiger partial charge on any atom is 0.248 e. The normalized spacial score (nSPS) is 12.5. The fraction of sp³-hybridized carbons (Fsp3) is 0.222. The van der Waals surface area contributed by atoms with Crippen molar-refractivity contribution in [1.29, 1.82) is 0 Å². The second-order valence-corrected chi connectivity index (χ2v) is 2.83. The molecule has 0 fully saturated rings. The second-order valence-electron chi connectivity index (χ2n) is 2.83. The summed E-state index contributed by atoms with van der Waals surface area (Å²) >= 11 is 0. The van der Waals surface area contributed by atoms with Gasteiger partial charge in [-0.3, -0.25) is 4.79 Å². The lowest BCUT2D eigenvalue weighted by molar-refractivity contribution is 0.1000. The van der Waals surface area contributed by atoms with Crippen molar-refractivity contribution in [3.63, 3.8) is 0 Å². The summed E-state index contributed by atoms with van der Waals surface area (Å²) in [6.45, 7) is 0.349. The molecule has 0 aromatic heterocycles. The molecule has 1 aromatic rings. The summed E-state index contributed by atoms with van der Waals surface area (Å²) in [5, 5.41) is 0. The minimum Gasteiger partial charge on any atom is -0.366 e. The molecule has 0 aliphatic carbocycles. The first-order chi connectivity index (χ1) is 6.15. The van der Waals surface area contributed by atoms with E-state index in [1.165, 1.54) is 0 Å². The first-order valence-corrected chi connectivity index (χ1v) is 4.00. The summed E-state index contributed by atoms with van der Waals surface area (Å²) in [5.74, 6) is -0.453. The Morgan fingerprint density at radius 3 is 2.69 bits per heavy atom. The molecule has 4 nitrogen and oxygen atoms in total. The first-order valence-electron chi connectivity index (χ1n) is 4.00. The summed E-state index contributed by atoms with van der Waals surface area (Å²) in [6, 6.07) is 6.64. The van der Waals surface area contributed by atoms with Gasteiger partial charge < -0.3 is 17.2 Å². The predicted molar refractivity (Wildman–Crippen MR) is 50.9 cm³/mol.